The topological polar surface area (TPSA) is 58.9 Å². The van der Waals surface area contributed by atoms with E-state index in [0.29, 0.717) is 6.42 Å². The Morgan fingerprint density at radius 1 is 0.962 bits per heavy atom. The van der Waals surface area contributed by atoms with E-state index in [-0.39, 0.29) is 16.2 Å². The van der Waals surface area contributed by atoms with Gasteiger partial charge in [0.2, 0.25) is 0 Å². The number of hydrogen-bond donors (Lipinski definition) is 2. The van der Waals surface area contributed by atoms with Crippen LogP contribution in [0.2, 0.25) is 0 Å². The molecule has 0 fully saturated rings. The van der Waals surface area contributed by atoms with E-state index < -0.39 is 6.04 Å². The van der Waals surface area contributed by atoms with Crippen LogP contribution in [0.25, 0.3) is 10.9 Å². The Morgan fingerprint density at radius 2 is 1.54 bits per heavy atom. The number of carbonyl (C=O) groups is 1. The maximum Gasteiger partial charge on any atom is 0.137 e. The molecule has 3 N–H and O–H groups in total. The van der Waals surface area contributed by atoms with Crippen LogP contribution in [0.5, 0.6) is 0 Å². The van der Waals surface area contributed by atoms with Gasteiger partial charge in [-0.2, -0.15) is 0 Å². The zero-order chi connectivity index (χ0) is 20.1. The van der Waals surface area contributed by atoms with E-state index in [2.05, 4.69) is 79.4 Å². The smallest absolute Gasteiger partial charge is 0.137 e. The lowest BCUT2D eigenvalue weighted by molar-refractivity contribution is -0.108. The normalized spacial score (nSPS) is 14.7. The van der Waals surface area contributed by atoms with Crippen molar-refractivity contribution in [2.24, 2.45) is 5.73 Å². The fourth-order valence-corrected chi connectivity index (χ4v) is 3.55. The summed E-state index contributed by atoms with van der Waals surface area (Å²) in [5, 5.41) is 1.24. The van der Waals surface area contributed by atoms with Crippen LogP contribution in [0.4, 0.5) is 0 Å². The molecule has 0 aliphatic carbocycles. The number of H-pyrrole nitrogens is 1. The van der Waals surface area contributed by atoms with Gasteiger partial charge in [0.15, 0.2) is 0 Å². The zero-order valence-corrected chi connectivity index (χ0v) is 18.0. The number of nitrogens with two attached hydrogens (primary N) is 1. The minimum absolute atomic E-state index is 0.00309. The summed E-state index contributed by atoms with van der Waals surface area (Å²) in [5.74, 6) is 0. The molecule has 3 nitrogen and oxygen atoms in total. The molecule has 26 heavy (non-hydrogen) atoms. The fraction of sp³-hybridized carbons (Fsp3) is 0.609. The molecule has 0 radical (unpaired) electrons. The van der Waals surface area contributed by atoms with Gasteiger partial charge in [0, 0.05) is 22.0 Å². The van der Waals surface area contributed by atoms with Crippen molar-refractivity contribution >= 4 is 17.2 Å². The van der Waals surface area contributed by atoms with Crippen LogP contribution in [0.3, 0.4) is 0 Å². The highest BCUT2D eigenvalue weighted by Crippen LogP contribution is 2.40. The number of rotatable bonds is 3. The number of aromatic nitrogens is 1. The number of fused-ring (bicyclic) bond motifs is 1. The molecule has 0 aliphatic rings. The van der Waals surface area contributed by atoms with Crippen molar-refractivity contribution in [1.29, 1.82) is 0 Å². The highest BCUT2D eigenvalue weighted by atomic mass is 16.1. The summed E-state index contributed by atoms with van der Waals surface area (Å²) in [5.41, 5.74) is 12.2. The van der Waals surface area contributed by atoms with E-state index in [1.54, 1.807) is 0 Å². The fourth-order valence-electron chi connectivity index (χ4n) is 3.55. The highest BCUT2D eigenvalue weighted by Gasteiger charge is 2.29. The molecule has 0 saturated carbocycles. The van der Waals surface area contributed by atoms with Crippen molar-refractivity contribution in [3.63, 3.8) is 0 Å². The molecule has 0 bridgehead atoms. The van der Waals surface area contributed by atoms with Crippen LogP contribution in [-0.2, 0) is 27.5 Å². The van der Waals surface area contributed by atoms with Crippen LogP contribution < -0.4 is 5.73 Å². The second-order valence-corrected chi connectivity index (χ2v) is 10.7. The lowest BCUT2D eigenvalue weighted by atomic mass is 9.77. The molecule has 0 amide bonds. The quantitative estimate of drug-likeness (QED) is 0.749. The van der Waals surface area contributed by atoms with Crippen LogP contribution >= 0.6 is 0 Å². The van der Waals surface area contributed by atoms with Crippen LogP contribution in [0.1, 0.15) is 84.7 Å². The summed E-state index contributed by atoms with van der Waals surface area (Å²) in [6.45, 7) is 20.1. The van der Waals surface area contributed by atoms with Gasteiger partial charge in [-0.25, -0.2) is 0 Å². The van der Waals surface area contributed by atoms with Crippen LogP contribution in [0, 0.1) is 0 Å². The average Bonchev–Trinajstić information content (AvgIpc) is 2.83. The Hall–Kier alpha value is -1.61. The average molecular weight is 357 g/mol. The summed E-state index contributed by atoms with van der Waals surface area (Å²) in [6.07, 6.45) is 1.42. The van der Waals surface area contributed by atoms with Crippen molar-refractivity contribution in [2.45, 2.75) is 91.0 Å². The Labute approximate surface area is 158 Å². The van der Waals surface area contributed by atoms with E-state index in [1.807, 2.05) is 0 Å². The van der Waals surface area contributed by atoms with Crippen molar-refractivity contribution < 1.29 is 4.79 Å². The molecule has 1 unspecified atom stereocenters. The molecule has 144 valence electrons. The first kappa shape index (κ1) is 20.7. The van der Waals surface area contributed by atoms with E-state index in [9.17, 15) is 4.79 Å². The Morgan fingerprint density at radius 3 is 1.96 bits per heavy atom. The van der Waals surface area contributed by atoms with E-state index in [4.69, 9.17) is 5.73 Å². The minimum Gasteiger partial charge on any atom is -0.358 e. The molecule has 0 aliphatic heterocycles. The first-order valence-electron chi connectivity index (χ1n) is 9.57. The summed E-state index contributed by atoms with van der Waals surface area (Å²) < 4.78 is 0. The Balaban J connectivity index is 2.95. The van der Waals surface area contributed by atoms with Gasteiger partial charge >= 0.3 is 0 Å². The summed E-state index contributed by atoms with van der Waals surface area (Å²) in [6, 6.07) is 4.14. The molecule has 0 spiro atoms. The highest BCUT2D eigenvalue weighted by molar-refractivity contribution is 5.90. The summed E-state index contributed by atoms with van der Waals surface area (Å²) in [7, 11) is 0. The van der Waals surface area contributed by atoms with Crippen LogP contribution in [0.15, 0.2) is 12.1 Å². The van der Waals surface area contributed by atoms with Gasteiger partial charge in [-0.15, -0.1) is 0 Å². The molecule has 1 aromatic heterocycles. The van der Waals surface area contributed by atoms with E-state index >= 15 is 0 Å². The number of carbonyl (C=O) groups excluding carboxylic acids is 1. The van der Waals surface area contributed by atoms with Crippen molar-refractivity contribution in [2.75, 3.05) is 0 Å². The van der Waals surface area contributed by atoms with Crippen molar-refractivity contribution in [1.82, 2.24) is 4.98 Å². The second kappa shape index (κ2) is 6.53. The molecule has 1 atom stereocenters. The molecule has 1 aromatic carbocycles. The predicted molar refractivity (Wildman–Crippen MR) is 112 cm³/mol. The second-order valence-electron chi connectivity index (χ2n) is 10.7. The van der Waals surface area contributed by atoms with Crippen molar-refractivity contribution in [3.8, 4) is 0 Å². The largest absolute Gasteiger partial charge is 0.358 e. The van der Waals surface area contributed by atoms with Gasteiger partial charge in [-0.3, -0.25) is 0 Å². The molecule has 2 rings (SSSR count). The number of aromatic amines is 1. The van der Waals surface area contributed by atoms with Gasteiger partial charge in [0.1, 0.15) is 6.29 Å². The molecular formula is C23H36N2O. The van der Waals surface area contributed by atoms with Gasteiger partial charge < -0.3 is 15.5 Å². The van der Waals surface area contributed by atoms with Gasteiger partial charge in [0.05, 0.1) is 6.04 Å². The standard InChI is InChI=1S/C23H36N2O/c1-21(2,3)14-10-17(22(4,5)6)19-16(12-15(24)13-26)20(23(7,8)9)25-18(19)11-14/h10-11,13,15,25H,12,24H2,1-9H3. The lowest BCUT2D eigenvalue weighted by Gasteiger charge is -2.27. The molecule has 1 heterocycles. The predicted octanol–water partition coefficient (Wildman–Crippen LogP) is 5.13. The van der Waals surface area contributed by atoms with Gasteiger partial charge in [-0.1, -0.05) is 68.4 Å². The molecular weight excluding hydrogens is 320 g/mol. The number of nitrogens with one attached hydrogen (secondary N) is 1. The van der Waals surface area contributed by atoms with Crippen LogP contribution in [-0.4, -0.2) is 17.3 Å². The maximum atomic E-state index is 11.3. The third kappa shape index (κ3) is 4.03. The minimum atomic E-state index is -0.481. The number of benzene rings is 1. The molecule has 0 saturated heterocycles. The lowest BCUT2D eigenvalue weighted by Crippen LogP contribution is -2.26. The van der Waals surface area contributed by atoms with Crippen molar-refractivity contribution in [3.05, 3.63) is 34.5 Å². The molecule has 3 heteroatoms. The monoisotopic (exact) mass is 356 g/mol. The number of aldehydes is 1. The molecule has 2 aromatic rings. The first-order valence-corrected chi connectivity index (χ1v) is 9.57. The summed E-state index contributed by atoms with van der Waals surface area (Å²) in [4.78, 5) is 14.9. The maximum absolute atomic E-state index is 11.3. The van der Waals surface area contributed by atoms with E-state index in [0.717, 1.165) is 11.8 Å². The third-order valence-electron chi connectivity index (χ3n) is 5.04. The van der Waals surface area contributed by atoms with Gasteiger partial charge in [-0.05, 0) is 40.0 Å². The zero-order valence-electron chi connectivity index (χ0n) is 18.0. The first-order chi connectivity index (χ1) is 11.7. The third-order valence-corrected chi connectivity index (χ3v) is 5.04. The number of hydrogen-bond acceptors (Lipinski definition) is 2. The van der Waals surface area contributed by atoms with E-state index in [1.165, 1.54) is 27.8 Å². The SMILES string of the molecule is CC(C)(C)c1cc(C(C)(C)C)c2c(CC(N)C=O)c(C(C)(C)C)[nH]c2c1. The summed E-state index contributed by atoms with van der Waals surface area (Å²) >= 11 is 0. The van der Waals surface area contributed by atoms with Gasteiger partial charge in [0.25, 0.3) is 0 Å². The Kier molecular flexibility index (Phi) is 5.19. The Bertz CT molecular complexity index is 808.